The fourth-order valence-corrected chi connectivity index (χ4v) is 4.64. The normalized spacial score (nSPS) is 15.9. The van der Waals surface area contributed by atoms with Crippen LogP contribution < -0.4 is 14.2 Å². The molecule has 0 unspecified atom stereocenters. The summed E-state index contributed by atoms with van der Waals surface area (Å²) in [7, 11) is 1.59. The molecule has 7 heteroatoms. The number of methoxy groups -OCH3 is 1. The number of aromatic nitrogens is 3. The van der Waals surface area contributed by atoms with E-state index in [1.165, 1.54) is 0 Å². The largest absolute Gasteiger partial charge is 0.484 e. The maximum atomic E-state index is 6.00. The third kappa shape index (κ3) is 2.65. The summed E-state index contributed by atoms with van der Waals surface area (Å²) in [4.78, 5) is 14.0. The smallest absolute Gasteiger partial charge is 0.232 e. The van der Waals surface area contributed by atoms with Crippen LogP contribution in [-0.4, -0.2) is 34.8 Å². The highest BCUT2D eigenvalue weighted by Crippen LogP contribution is 2.45. The van der Waals surface area contributed by atoms with Crippen LogP contribution in [0.1, 0.15) is 18.1 Å². The van der Waals surface area contributed by atoms with Gasteiger partial charge in [0.2, 0.25) is 5.88 Å². The predicted octanol–water partition coefficient (Wildman–Crippen LogP) is 4.69. The van der Waals surface area contributed by atoms with Crippen molar-refractivity contribution in [3.05, 3.63) is 35.5 Å². The van der Waals surface area contributed by atoms with E-state index in [4.69, 9.17) is 19.2 Å². The van der Waals surface area contributed by atoms with Gasteiger partial charge in [-0.3, -0.25) is 0 Å². The fourth-order valence-electron chi connectivity index (χ4n) is 3.48. The molecular formula is C21H19N3O3S. The third-order valence-corrected chi connectivity index (χ3v) is 5.86. The molecule has 0 fully saturated rings. The standard InChI is InChI=1S/C21H19N3O3S/c1-10-5-13(18-14(6-10)23-16(25-4)8-22-18)21-24-17-11(2)7-15-19(20(17)28-21)26-9-12(3)27-15/h5-8,12H,9H2,1-4H3/t12-/m1/s1. The van der Waals surface area contributed by atoms with Gasteiger partial charge in [-0.1, -0.05) is 0 Å². The van der Waals surface area contributed by atoms with Crippen molar-refractivity contribution >= 4 is 32.6 Å². The first kappa shape index (κ1) is 17.2. The highest BCUT2D eigenvalue weighted by atomic mass is 32.1. The van der Waals surface area contributed by atoms with Crippen LogP contribution in [0, 0.1) is 13.8 Å². The molecule has 1 aliphatic heterocycles. The number of fused-ring (bicyclic) bond motifs is 4. The van der Waals surface area contributed by atoms with E-state index in [0.29, 0.717) is 12.5 Å². The van der Waals surface area contributed by atoms with Crippen LogP contribution in [0.2, 0.25) is 0 Å². The molecule has 1 aliphatic rings. The number of ether oxygens (including phenoxy) is 3. The monoisotopic (exact) mass is 393 g/mol. The first-order chi connectivity index (χ1) is 13.5. The van der Waals surface area contributed by atoms with Crippen molar-refractivity contribution in [1.29, 1.82) is 0 Å². The Balaban J connectivity index is 1.75. The summed E-state index contributed by atoms with van der Waals surface area (Å²) in [6, 6.07) is 6.12. The van der Waals surface area contributed by atoms with Gasteiger partial charge < -0.3 is 14.2 Å². The maximum Gasteiger partial charge on any atom is 0.232 e. The zero-order chi connectivity index (χ0) is 19.4. The molecule has 28 heavy (non-hydrogen) atoms. The predicted molar refractivity (Wildman–Crippen MR) is 110 cm³/mol. The first-order valence-electron chi connectivity index (χ1n) is 9.09. The van der Waals surface area contributed by atoms with Crippen LogP contribution in [0.15, 0.2) is 24.4 Å². The van der Waals surface area contributed by atoms with Gasteiger partial charge in [-0.25, -0.2) is 15.0 Å². The van der Waals surface area contributed by atoms with Crippen molar-refractivity contribution in [3.8, 4) is 28.0 Å². The molecule has 0 saturated heterocycles. The Labute approximate surface area is 166 Å². The van der Waals surface area contributed by atoms with Crippen molar-refractivity contribution < 1.29 is 14.2 Å². The Morgan fingerprint density at radius 2 is 2.00 bits per heavy atom. The van der Waals surface area contributed by atoms with Crippen molar-refractivity contribution in [2.45, 2.75) is 26.9 Å². The minimum atomic E-state index is 0.0442. The minimum Gasteiger partial charge on any atom is -0.484 e. The van der Waals surface area contributed by atoms with E-state index in [1.807, 2.05) is 32.9 Å². The molecule has 142 valence electrons. The molecule has 0 N–H and O–H groups in total. The Morgan fingerprint density at radius 3 is 2.82 bits per heavy atom. The fraction of sp³-hybridized carbons (Fsp3) is 0.286. The quantitative estimate of drug-likeness (QED) is 0.492. The number of hydrogen-bond donors (Lipinski definition) is 0. The van der Waals surface area contributed by atoms with E-state index in [-0.39, 0.29) is 6.10 Å². The Kier molecular flexibility index (Phi) is 3.87. The van der Waals surface area contributed by atoms with Crippen LogP contribution in [0.4, 0.5) is 0 Å². The lowest BCUT2D eigenvalue weighted by Gasteiger charge is -2.24. The lowest BCUT2D eigenvalue weighted by atomic mass is 10.1. The number of nitrogens with zero attached hydrogens (tertiary/aromatic N) is 3. The molecule has 2 aromatic carbocycles. The van der Waals surface area contributed by atoms with Crippen molar-refractivity contribution in [2.24, 2.45) is 0 Å². The molecule has 0 spiro atoms. The van der Waals surface area contributed by atoms with Gasteiger partial charge in [0.1, 0.15) is 22.4 Å². The van der Waals surface area contributed by atoms with Crippen LogP contribution >= 0.6 is 11.3 Å². The summed E-state index contributed by atoms with van der Waals surface area (Å²) in [6.07, 6.45) is 1.68. The summed E-state index contributed by atoms with van der Waals surface area (Å²) in [6.45, 7) is 6.64. The minimum absolute atomic E-state index is 0.0442. The van der Waals surface area contributed by atoms with E-state index < -0.39 is 0 Å². The summed E-state index contributed by atoms with van der Waals surface area (Å²) in [5.41, 5.74) is 5.66. The van der Waals surface area contributed by atoms with E-state index in [1.54, 1.807) is 24.6 Å². The van der Waals surface area contributed by atoms with Crippen LogP contribution in [0.3, 0.4) is 0 Å². The maximum absolute atomic E-state index is 6.00. The number of benzene rings is 2. The first-order valence-corrected chi connectivity index (χ1v) is 9.90. The Morgan fingerprint density at radius 1 is 1.14 bits per heavy atom. The lowest BCUT2D eigenvalue weighted by molar-refractivity contribution is 0.106. The van der Waals surface area contributed by atoms with Crippen LogP contribution in [0.25, 0.3) is 31.8 Å². The highest BCUT2D eigenvalue weighted by Gasteiger charge is 2.24. The summed E-state index contributed by atoms with van der Waals surface area (Å²) >= 11 is 1.60. The summed E-state index contributed by atoms with van der Waals surface area (Å²) in [5.74, 6) is 2.07. The van der Waals surface area contributed by atoms with Gasteiger partial charge in [-0.2, -0.15) is 0 Å². The second-order valence-electron chi connectivity index (χ2n) is 7.05. The van der Waals surface area contributed by atoms with Gasteiger partial charge in [0.15, 0.2) is 11.5 Å². The lowest BCUT2D eigenvalue weighted by Crippen LogP contribution is -2.25. The number of rotatable bonds is 2. The second-order valence-corrected chi connectivity index (χ2v) is 8.05. The topological polar surface area (TPSA) is 66.4 Å². The molecule has 4 aromatic rings. The van der Waals surface area contributed by atoms with E-state index in [0.717, 1.165) is 54.4 Å². The molecule has 2 aromatic heterocycles. The van der Waals surface area contributed by atoms with Gasteiger partial charge >= 0.3 is 0 Å². The van der Waals surface area contributed by atoms with E-state index in [9.17, 15) is 0 Å². The zero-order valence-corrected chi connectivity index (χ0v) is 16.9. The molecule has 1 atom stereocenters. The molecular weight excluding hydrogens is 374 g/mol. The molecule has 0 amide bonds. The molecule has 0 saturated carbocycles. The second kappa shape index (κ2) is 6.31. The molecule has 3 heterocycles. The zero-order valence-electron chi connectivity index (χ0n) is 16.1. The average Bonchev–Trinajstić information content (AvgIpc) is 3.12. The molecule has 6 nitrogen and oxygen atoms in total. The third-order valence-electron chi connectivity index (χ3n) is 4.78. The van der Waals surface area contributed by atoms with Crippen molar-refractivity contribution in [3.63, 3.8) is 0 Å². The van der Waals surface area contributed by atoms with Gasteiger partial charge in [0.05, 0.1) is 29.9 Å². The van der Waals surface area contributed by atoms with E-state index >= 15 is 0 Å². The average molecular weight is 393 g/mol. The van der Waals surface area contributed by atoms with Crippen molar-refractivity contribution in [2.75, 3.05) is 13.7 Å². The number of thiazole rings is 1. The Bertz CT molecular complexity index is 1230. The van der Waals surface area contributed by atoms with Gasteiger partial charge in [-0.15, -0.1) is 11.3 Å². The molecule has 0 aliphatic carbocycles. The van der Waals surface area contributed by atoms with Crippen molar-refractivity contribution in [1.82, 2.24) is 15.0 Å². The van der Waals surface area contributed by atoms with Gasteiger partial charge in [0, 0.05) is 5.56 Å². The van der Waals surface area contributed by atoms with Gasteiger partial charge in [0.25, 0.3) is 0 Å². The van der Waals surface area contributed by atoms with Crippen LogP contribution in [0.5, 0.6) is 17.4 Å². The summed E-state index contributed by atoms with van der Waals surface area (Å²) < 4.78 is 18.2. The molecule has 0 bridgehead atoms. The Hall–Kier alpha value is -2.93. The summed E-state index contributed by atoms with van der Waals surface area (Å²) in [5, 5.41) is 0.891. The molecule has 5 rings (SSSR count). The van der Waals surface area contributed by atoms with E-state index in [2.05, 4.69) is 16.0 Å². The van der Waals surface area contributed by atoms with Gasteiger partial charge in [-0.05, 0) is 50.1 Å². The number of aryl methyl sites for hydroxylation is 2. The SMILES string of the molecule is COc1cnc2c(-c3nc4c(C)cc5c(c4s3)OC[C@@H](C)O5)cc(C)cc2n1. The van der Waals surface area contributed by atoms with Crippen LogP contribution in [-0.2, 0) is 0 Å². The highest BCUT2D eigenvalue weighted by molar-refractivity contribution is 7.22. The number of hydrogen-bond acceptors (Lipinski definition) is 7. The molecule has 0 radical (unpaired) electrons.